The van der Waals surface area contributed by atoms with Crippen molar-refractivity contribution in [1.29, 1.82) is 0 Å². The van der Waals surface area contributed by atoms with Gasteiger partial charge in [0.15, 0.2) is 0 Å². The van der Waals surface area contributed by atoms with Crippen LogP contribution in [0.5, 0.6) is 0 Å². The molecule has 0 spiro atoms. The van der Waals surface area contributed by atoms with E-state index in [4.69, 9.17) is 0 Å². The number of nitrogens with one attached hydrogen (secondary N) is 1. The Hall–Kier alpha value is -1.96. The zero-order valence-electron chi connectivity index (χ0n) is 10.5. The average Bonchev–Trinajstić information content (AvgIpc) is 2.87. The van der Waals surface area contributed by atoms with Gasteiger partial charge >= 0.3 is 0 Å². The van der Waals surface area contributed by atoms with Crippen LogP contribution in [0.25, 0.3) is 0 Å². The zero-order chi connectivity index (χ0) is 13.2. The molecule has 0 amide bonds. The number of hydrogen-bond acceptors (Lipinski definition) is 7. The lowest BCUT2D eigenvalue weighted by Crippen LogP contribution is -2.47. The van der Waals surface area contributed by atoms with Crippen LogP contribution in [0, 0.1) is 6.92 Å². The molecule has 0 bridgehead atoms. The van der Waals surface area contributed by atoms with Crippen LogP contribution in [0.3, 0.4) is 0 Å². The van der Waals surface area contributed by atoms with Gasteiger partial charge in [-0.1, -0.05) is 0 Å². The third-order valence-corrected chi connectivity index (χ3v) is 3.92. The number of aromatic nitrogens is 4. The lowest BCUT2D eigenvalue weighted by molar-refractivity contribution is 0.641. The van der Waals surface area contributed by atoms with Crippen LogP contribution < -0.4 is 15.4 Å². The summed E-state index contributed by atoms with van der Waals surface area (Å²) in [5, 5.41) is 7.49. The molecular weight excluding hydrogens is 264 g/mol. The second-order valence-electron chi connectivity index (χ2n) is 4.38. The minimum absolute atomic E-state index is 0.174. The van der Waals surface area contributed by atoms with Crippen LogP contribution in [0.2, 0.25) is 0 Å². The van der Waals surface area contributed by atoms with Gasteiger partial charge in [0, 0.05) is 43.8 Å². The summed E-state index contributed by atoms with van der Waals surface area (Å²) in [5.74, 6) is 1.64. The monoisotopic (exact) mass is 278 g/mol. The number of nitrogens with zero attached hydrogens (tertiary/aromatic N) is 5. The van der Waals surface area contributed by atoms with Crippen molar-refractivity contribution in [3.8, 4) is 0 Å². The number of hydrogen-bond donors (Lipinski definition) is 1. The molecule has 1 saturated heterocycles. The summed E-state index contributed by atoms with van der Waals surface area (Å²) in [4.78, 5) is 19.8. The van der Waals surface area contributed by atoms with Gasteiger partial charge < -0.3 is 9.80 Å². The summed E-state index contributed by atoms with van der Waals surface area (Å²) in [7, 11) is 0. The minimum atomic E-state index is -0.174. The highest BCUT2D eigenvalue weighted by molar-refractivity contribution is 7.09. The molecule has 0 aliphatic carbocycles. The Kier molecular flexibility index (Phi) is 3.16. The maximum Gasteiger partial charge on any atom is 0.264 e. The van der Waals surface area contributed by atoms with Crippen LogP contribution in [0.1, 0.15) is 5.82 Å². The van der Waals surface area contributed by atoms with E-state index in [0.29, 0.717) is 0 Å². The van der Waals surface area contributed by atoms with Crippen LogP contribution in [0.4, 0.5) is 10.9 Å². The first-order valence-corrected chi connectivity index (χ1v) is 6.86. The molecule has 1 N–H and O–H groups in total. The third kappa shape index (κ3) is 2.58. The first kappa shape index (κ1) is 12.1. The first-order chi connectivity index (χ1) is 9.22. The highest BCUT2D eigenvalue weighted by Gasteiger charge is 2.20. The molecule has 1 aliphatic rings. The van der Waals surface area contributed by atoms with E-state index in [-0.39, 0.29) is 5.56 Å². The van der Waals surface area contributed by atoms with Gasteiger partial charge in [-0.3, -0.25) is 4.79 Å². The minimum Gasteiger partial charge on any atom is -0.352 e. The van der Waals surface area contributed by atoms with Crippen molar-refractivity contribution in [3.05, 3.63) is 28.3 Å². The maximum atomic E-state index is 11.0. The summed E-state index contributed by atoms with van der Waals surface area (Å²) in [6.45, 7) is 5.39. The molecule has 0 saturated carbocycles. The maximum absolute atomic E-state index is 11.0. The second-order valence-corrected chi connectivity index (χ2v) is 5.11. The van der Waals surface area contributed by atoms with Crippen molar-refractivity contribution in [2.24, 2.45) is 0 Å². The Morgan fingerprint density at radius 2 is 1.95 bits per heavy atom. The highest BCUT2D eigenvalue weighted by Crippen LogP contribution is 2.20. The molecule has 3 rings (SSSR count). The molecule has 0 aromatic carbocycles. The first-order valence-electron chi connectivity index (χ1n) is 6.08. The molecule has 0 atom stereocenters. The van der Waals surface area contributed by atoms with Gasteiger partial charge in [-0.2, -0.15) is 9.47 Å². The van der Waals surface area contributed by atoms with Crippen LogP contribution >= 0.6 is 11.5 Å². The number of aryl methyl sites for hydroxylation is 1. The fourth-order valence-corrected chi connectivity index (χ4v) is 2.78. The van der Waals surface area contributed by atoms with Crippen LogP contribution in [-0.4, -0.2) is 45.7 Å². The van der Waals surface area contributed by atoms with Gasteiger partial charge in [-0.05, 0) is 13.0 Å². The van der Waals surface area contributed by atoms with E-state index in [0.717, 1.165) is 43.0 Å². The molecule has 0 radical (unpaired) electrons. The van der Waals surface area contributed by atoms with E-state index >= 15 is 0 Å². The predicted molar refractivity (Wildman–Crippen MR) is 73.9 cm³/mol. The largest absolute Gasteiger partial charge is 0.352 e. The number of aromatic amines is 1. The third-order valence-electron chi connectivity index (χ3n) is 3.06. The smallest absolute Gasteiger partial charge is 0.264 e. The standard InChI is InChI=1S/C11H14N6OS/c1-8-12-11(19-15-8)17-6-4-16(5-7-17)9-2-3-10(18)14-13-9/h2-3H,4-7H2,1H3,(H,14,18). The fraction of sp³-hybridized carbons (Fsp3) is 0.455. The second kappa shape index (κ2) is 4.96. The normalized spacial score (nSPS) is 15.8. The van der Waals surface area contributed by atoms with E-state index < -0.39 is 0 Å². The molecule has 7 nitrogen and oxygen atoms in total. The van der Waals surface area contributed by atoms with E-state index in [2.05, 4.69) is 29.4 Å². The number of H-pyrrole nitrogens is 1. The molecule has 19 heavy (non-hydrogen) atoms. The Morgan fingerprint density at radius 1 is 1.21 bits per heavy atom. The Bertz CT molecular complexity index is 595. The van der Waals surface area contributed by atoms with Crippen LogP contribution in [0.15, 0.2) is 16.9 Å². The Morgan fingerprint density at radius 3 is 2.53 bits per heavy atom. The molecule has 8 heteroatoms. The quantitative estimate of drug-likeness (QED) is 0.849. The van der Waals surface area contributed by atoms with E-state index in [9.17, 15) is 4.79 Å². The van der Waals surface area contributed by atoms with Crippen molar-refractivity contribution in [1.82, 2.24) is 19.6 Å². The lowest BCUT2D eigenvalue weighted by atomic mass is 10.3. The summed E-state index contributed by atoms with van der Waals surface area (Å²) in [6, 6.07) is 3.26. The van der Waals surface area contributed by atoms with Crippen molar-refractivity contribution in [2.75, 3.05) is 36.0 Å². The van der Waals surface area contributed by atoms with Crippen molar-refractivity contribution in [2.45, 2.75) is 6.92 Å². The van der Waals surface area contributed by atoms with E-state index in [1.54, 1.807) is 6.07 Å². The Balaban J connectivity index is 1.66. The SMILES string of the molecule is Cc1nsc(N2CCN(c3ccc(=O)[nH]n3)CC2)n1. The van der Waals surface area contributed by atoms with E-state index in [1.807, 2.05) is 6.92 Å². The molecule has 3 heterocycles. The molecule has 100 valence electrons. The lowest BCUT2D eigenvalue weighted by Gasteiger charge is -2.34. The fourth-order valence-electron chi connectivity index (χ4n) is 2.05. The van der Waals surface area contributed by atoms with Crippen LogP contribution in [-0.2, 0) is 0 Å². The van der Waals surface area contributed by atoms with Gasteiger partial charge in [0.25, 0.3) is 5.56 Å². The average molecular weight is 278 g/mol. The summed E-state index contributed by atoms with van der Waals surface area (Å²) in [6.07, 6.45) is 0. The molecular formula is C11H14N6OS. The molecule has 1 aliphatic heterocycles. The van der Waals surface area contributed by atoms with Gasteiger partial charge in [-0.15, -0.1) is 0 Å². The van der Waals surface area contributed by atoms with Crippen molar-refractivity contribution < 1.29 is 0 Å². The van der Waals surface area contributed by atoms with Gasteiger partial charge in [0.1, 0.15) is 11.6 Å². The Labute approximate surface area is 114 Å². The number of piperazine rings is 1. The van der Waals surface area contributed by atoms with E-state index in [1.165, 1.54) is 17.6 Å². The van der Waals surface area contributed by atoms with Gasteiger partial charge in [0.2, 0.25) is 5.13 Å². The number of rotatable bonds is 2. The summed E-state index contributed by atoms with van der Waals surface area (Å²) >= 11 is 1.44. The van der Waals surface area contributed by atoms with Crippen molar-refractivity contribution in [3.63, 3.8) is 0 Å². The molecule has 1 fully saturated rings. The predicted octanol–water partition coefficient (Wildman–Crippen LogP) is 0.256. The van der Waals surface area contributed by atoms with Gasteiger partial charge in [0.05, 0.1) is 0 Å². The topological polar surface area (TPSA) is 78.0 Å². The highest BCUT2D eigenvalue weighted by atomic mass is 32.1. The number of anilines is 2. The molecule has 0 unspecified atom stereocenters. The summed E-state index contributed by atoms with van der Waals surface area (Å²) in [5.41, 5.74) is -0.174. The molecule has 2 aromatic heterocycles. The summed E-state index contributed by atoms with van der Waals surface area (Å²) < 4.78 is 4.20. The van der Waals surface area contributed by atoms with Crippen molar-refractivity contribution >= 4 is 22.5 Å². The zero-order valence-corrected chi connectivity index (χ0v) is 11.4. The van der Waals surface area contributed by atoms with Gasteiger partial charge in [-0.25, -0.2) is 10.1 Å². The molecule has 2 aromatic rings.